The third kappa shape index (κ3) is 4.18. The molecule has 0 aromatic carbocycles. The predicted octanol–water partition coefficient (Wildman–Crippen LogP) is 0.744. The van der Waals surface area contributed by atoms with Crippen molar-refractivity contribution in [3.05, 3.63) is 11.8 Å². The molecular formula is C13H20N4O3. The maximum atomic E-state index is 12.1. The average molecular weight is 280 g/mol. The smallest absolute Gasteiger partial charge is 0.313 e. The van der Waals surface area contributed by atoms with Crippen molar-refractivity contribution in [1.82, 2.24) is 9.97 Å². The molecule has 1 rings (SSSR count). The topological polar surface area (TPSA) is 75.6 Å². The number of carbonyl (C=O) groups is 2. The number of hydrogen-bond donors (Lipinski definition) is 0. The first-order valence-electron chi connectivity index (χ1n) is 6.27. The van der Waals surface area contributed by atoms with Crippen LogP contribution in [0.3, 0.4) is 0 Å². The van der Waals surface area contributed by atoms with Crippen LogP contribution in [-0.2, 0) is 9.53 Å². The molecule has 0 spiro atoms. The number of ketones is 1. The Morgan fingerprint density at radius 1 is 1.15 bits per heavy atom. The van der Waals surface area contributed by atoms with Crippen LogP contribution in [0.25, 0.3) is 0 Å². The Morgan fingerprint density at radius 3 is 2.30 bits per heavy atom. The Balaban J connectivity index is 3.04. The van der Waals surface area contributed by atoms with Gasteiger partial charge in [0.05, 0.1) is 6.61 Å². The van der Waals surface area contributed by atoms with Gasteiger partial charge < -0.3 is 14.5 Å². The molecule has 1 aromatic heterocycles. The maximum absolute atomic E-state index is 12.1. The van der Waals surface area contributed by atoms with Gasteiger partial charge in [-0.25, -0.2) is 4.98 Å². The second-order valence-corrected chi connectivity index (χ2v) is 4.61. The summed E-state index contributed by atoms with van der Waals surface area (Å²) < 4.78 is 4.77. The Bertz CT molecular complexity index is 474. The Morgan fingerprint density at radius 2 is 1.80 bits per heavy atom. The van der Waals surface area contributed by atoms with Crippen LogP contribution in [0.5, 0.6) is 0 Å². The highest BCUT2D eigenvalue weighted by molar-refractivity contribution is 6.05. The molecule has 0 aliphatic carbocycles. The molecule has 0 atom stereocenters. The second kappa shape index (κ2) is 6.83. The molecule has 0 radical (unpaired) electrons. The molecule has 7 nitrogen and oxygen atoms in total. The number of rotatable bonds is 6. The first kappa shape index (κ1) is 15.9. The summed E-state index contributed by atoms with van der Waals surface area (Å²) in [5.74, 6) is 0.102. The van der Waals surface area contributed by atoms with Gasteiger partial charge in [0, 0.05) is 34.3 Å². The van der Waals surface area contributed by atoms with E-state index in [9.17, 15) is 9.59 Å². The second-order valence-electron chi connectivity index (χ2n) is 4.61. The number of Topliss-reactive ketones (excluding diaryl/α,β-unsaturated/α-hetero) is 1. The molecule has 0 saturated heterocycles. The Hall–Kier alpha value is -2.18. The van der Waals surface area contributed by atoms with Crippen LogP contribution in [0.15, 0.2) is 6.07 Å². The number of hydrogen-bond acceptors (Lipinski definition) is 7. The average Bonchev–Trinajstić information content (AvgIpc) is 2.38. The molecule has 0 aliphatic rings. The van der Waals surface area contributed by atoms with Crippen LogP contribution in [0, 0.1) is 0 Å². The van der Waals surface area contributed by atoms with Gasteiger partial charge in [-0.05, 0) is 6.92 Å². The highest BCUT2D eigenvalue weighted by Crippen LogP contribution is 2.15. The Kier molecular flexibility index (Phi) is 5.42. The van der Waals surface area contributed by atoms with Crippen LogP contribution >= 0.6 is 0 Å². The predicted molar refractivity (Wildman–Crippen MR) is 76.3 cm³/mol. The van der Waals surface area contributed by atoms with E-state index in [1.807, 2.05) is 14.1 Å². The number of aromatic nitrogens is 2. The van der Waals surface area contributed by atoms with Crippen LogP contribution in [-0.4, -0.2) is 56.5 Å². The number of ether oxygens (including phenoxy) is 1. The molecule has 0 saturated carbocycles. The number of carbonyl (C=O) groups excluding carboxylic acids is 2. The van der Waals surface area contributed by atoms with Crippen molar-refractivity contribution in [2.24, 2.45) is 0 Å². The van der Waals surface area contributed by atoms with Crippen molar-refractivity contribution < 1.29 is 14.3 Å². The molecule has 0 fully saturated rings. The molecule has 0 aliphatic heterocycles. The standard InChI is InChI=1S/C13H20N4O3/c1-6-20-12(19)8-10(18)9-7-11(16(2)3)15-13(14-9)17(4)5/h7H,6,8H2,1-5H3. The van der Waals surface area contributed by atoms with Gasteiger partial charge in [0.15, 0.2) is 5.78 Å². The van der Waals surface area contributed by atoms with E-state index in [-0.39, 0.29) is 24.5 Å². The van der Waals surface area contributed by atoms with Crippen LogP contribution in [0.4, 0.5) is 11.8 Å². The first-order chi connectivity index (χ1) is 9.35. The van der Waals surface area contributed by atoms with Gasteiger partial charge in [-0.3, -0.25) is 9.59 Å². The fraction of sp³-hybridized carbons (Fsp3) is 0.538. The summed E-state index contributed by atoms with van der Waals surface area (Å²) >= 11 is 0. The normalized spacial score (nSPS) is 10.1. The monoisotopic (exact) mass is 280 g/mol. The van der Waals surface area contributed by atoms with Gasteiger partial charge in [0.2, 0.25) is 5.95 Å². The van der Waals surface area contributed by atoms with E-state index in [2.05, 4.69) is 9.97 Å². The highest BCUT2D eigenvalue weighted by atomic mass is 16.5. The lowest BCUT2D eigenvalue weighted by molar-refractivity contribution is -0.141. The SMILES string of the molecule is CCOC(=O)CC(=O)c1cc(N(C)C)nc(N(C)C)n1. The summed E-state index contributed by atoms with van der Waals surface area (Å²) in [5, 5.41) is 0. The quantitative estimate of drug-likeness (QED) is 0.432. The fourth-order valence-electron chi connectivity index (χ4n) is 1.43. The molecule has 110 valence electrons. The van der Waals surface area contributed by atoms with Crippen molar-refractivity contribution in [2.75, 3.05) is 44.6 Å². The molecule has 20 heavy (non-hydrogen) atoms. The summed E-state index contributed by atoms with van der Waals surface area (Å²) in [6, 6.07) is 1.56. The summed E-state index contributed by atoms with van der Waals surface area (Å²) in [5.41, 5.74) is 0.209. The van der Waals surface area contributed by atoms with Gasteiger partial charge >= 0.3 is 5.97 Å². The largest absolute Gasteiger partial charge is 0.466 e. The van der Waals surface area contributed by atoms with Crippen LogP contribution in [0.2, 0.25) is 0 Å². The molecule has 1 heterocycles. The van der Waals surface area contributed by atoms with E-state index >= 15 is 0 Å². The zero-order valence-electron chi connectivity index (χ0n) is 12.5. The van der Waals surface area contributed by atoms with E-state index in [0.29, 0.717) is 11.8 Å². The van der Waals surface area contributed by atoms with Crippen molar-refractivity contribution in [3.63, 3.8) is 0 Å². The maximum Gasteiger partial charge on any atom is 0.313 e. The molecule has 1 aromatic rings. The molecule has 0 N–H and O–H groups in total. The zero-order valence-corrected chi connectivity index (χ0v) is 12.5. The highest BCUT2D eigenvalue weighted by Gasteiger charge is 2.17. The van der Waals surface area contributed by atoms with Crippen molar-refractivity contribution in [1.29, 1.82) is 0 Å². The summed E-state index contributed by atoms with van der Waals surface area (Å²) in [7, 11) is 7.21. The van der Waals surface area contributed by atoms with E-state index in [1.54, 1.807) is 36.9 Å². The van der Waals surface area contributed by atoms with Gasteiger partial charge in [0.1, 0.15) is 17.9 Å². The minimum absolute atomic E-state index is 0.209. The molecule has 0 bridgehead atoms. The summed E-state index contributed by atoms with van der Waals surface area (Å²) in [6.45, 7) is 1.95. The van der Waals surface area contributed by atoms with Crippen LogP contribution in [0.1, 0.15) is 23.8 Å². The molecule has 0 amide bonds. The van der Waals surface area contributed by atoms with Crippen molar-refractivity contribution in [3.8, 4) is 0 Å². The van der Waals surface area contributed by atoms with Crippen LogP contribution < -0.4 is 9.80 Å². The van der Waals surface area contributed by atoms with Crippen molar-refractivity contribution >= 4 is 23.5 Å². The third-order valence-corrected chi connectivity index (χ3v) is 2.45. The molecular weight excluding hydrogens is 260 g/mol. The van der Waals surface area contributed by atoms with Gasteiger partial charge in [0.25, 0.3) is 0 Å². The van der Waals surface area contributed by atoms with E-state index < -0.39 is 5.97 Å². The summed E-state index contributed by atoms with van der Waals surface area (Å²) in [6.07, 6.45) is -0.315. The van der Waals surface area contributed by atoms with E-state index in [4.69, 9.17) is 4.74 Å². The molecule has 7 heteroatoms. The van der Waals surface area contributed by atoms with E-state index in [1.165, 1.54) is 0 Å². The number of esters is 1. The lowest BCUT2D eigenvalue weighted by atomic mass is 10.2. The minimum Gasteiger partial charge on any atom is -0.466 e. The lowest BCUT2D eigenvalue weighted by Crippen LogP contribution is -2.20. The van der Waals surface area contributed by atoms with Gasteiger partial charge in [-0.1, -0.05) is 0 Å². The van der Waals surface area contributed by atoms with Crippen molar-refractivity contribution in [2.45, 2.75) is 13.3 Å². The third-order valence-electron chi connectivity index (χ3n) is 2.45. The first-order valence-corrected chi connectivity index (χ1v) is 6.27. The minimum atomic E-state index is -0.547. The number of anilines is 2. The number of nitrogens with zero attached hydrogens (tertiary/aromatic N) is 4. The zero-order chi connectivity index (χ0) is 15.3. The molecule has 0 unspecified atom stereocenters. The van der Waals surface area contributed by atoms with E-state index in [0.717, 1.165) is 0 Å². The summed E-state index contributed by atoms with van der Waals surface area (Å²) in [4.78, 5) is 35.3. The Labute approximate surface area is 118 Å². The lowest BCUT2D eigenvalue weighted by Gasteiger charge is -2.16. The van der Waals surface area contributed by atoms with Gasteiger partial charge in [-0.2, -0.15) is 4.98 Å². The van der Waals surface area contributed by atoms with Gasteiger partial charge in [-0.15, -0.1) is 0 Å². The fourth-order valence-corrected chi connectivity index (χ4v) is 1.43.